The number of nitrogens with zero attached hydrogens (tertiary/aromatic N) is 5. The number of alkyl halides is 1. The lowest BCUT2D eigenvalue weighted by molar-refractivity contribution is 0.306. The summed E-state index contributed by atoms with van der Waals surface area (Å²) in [5.41, 5.74) is 6.73. The molecule has 7 aromatic carbocycles. The van der Waals surface area contributed by atoms with Crippen LogP contribution >= 0.6 is 168 Å². The van der Waals surface area contributed by atoms with Gasteiger partial charge in [-0.25, -0.2) is 32.9 Å². The third kappa shape index (κ3) is 37.1. The maximum atomic E-state index is 9.09. The molecule has 0 unspecified atom stereocenters. The summed E-state index contributed by atoms with van der Waals surface area (Å²) in [6.07, 6.45) is 0. The van der Waals surface area contributed by atoms with E-state index in [1.807, 2.05) is 72.8 Å². The van der Waals surface area contributed by atoms with Crippen LogP contribution in [0.3, 0.4) is 0 Å². The van der Waals surface area contributed by atoms with Crippen molar-refractivity contribution < 1.29 is 24.4 Å². The fourth-order valence-corrected chi connectivity index (χ4v) is 6.60. The van der Waals surface area contributed by atoms with Gasteiger partial charge in [0.2, 0.25) is 32.7 Å². The molecule has 7 aromatic rings. The van der Waals surface area contributed by atoms with Gasteiger partial charge in [-0.2, -0.15) is 0 Å². The summed E-state index contributed by atoms with van der Waals surface area (Å²) in [7, 11) is 3.12. The molecular weight excluding hydrogens is 1580 g/mol. The molecule has 0 aliphatic rings. The normalized spacial score (nSPS) is 9.01. The molecule has 2 N–H and O–H groups in total. The molecule has 0 aliphatic carbocycles. The Balaban J connectivity index is 0.000000923. The molecule has 0 aliphatic heterocycles. The van der Waals surface area contributed by atoms with Crippen LogP contribution < -0.4 is 14.2 Å². The lowest BCUT2D eigenvalue weighted by atomic mass is 10.2. The molecule has 0 spiro atoms. The van der Waals surface area contributed by atoms with E-state index >= 15 is 0 Å². The second kappa shape index (κ2) is 47.4. The standard InChI is InChI=1S/C15H12ClNO.2C9H8ClNO.2C8H6ClNO.C7H7Br.2BBr3/c1-17-10-13-7-8-14(16)15(9-13)18-11-12-5-3-2-4-6-12;2*1-11-6-7-3-4-8(10)9(5-7)12-2;2*1-10-5-6-2-3-7(9)8(11)4-6;8-6-7-4-2-1-3-5-7;2*2-1(3)4/h2-9H,10-11H2;2*3-5H,6H2,2H3;2*2-4,11H,5H2;1-5H,6H2;;. The topological polar surface area (TPSA) is 90.0 Å². The van der Waals surface area contributed by atoms with E-state index in [0.29, 0.717) is 68.6 Å². The number of aromatic hydroxyl groups is 2. The van der Waals surface area contributed by atoms with Crippen LogP contribution in [0.15, 0.2) is 152 Å². The summed E-state index contributed by atoms with van der Waals surface area (Å²) in [5.74, 6) is 1.94. The van der Waals surface area contributed by atoms with Gasteiger partial charge in [0.15, 0.2) is 0 Å². The molecule has 7 rings (SSSR count). The average Bonchev–Trinajstić information content (AvgIpc) is 3.43. The Morgan fingerprint density at radius 2 is 0.650 bits per heavy atom. The summed E-state index contributed by atoms with van der Waals surface area (Å²) in [4.78, 5) is 16.2. The van der Waals surface area contributed by atoms with Gasteiger partial charge in [0.05, 0.1) is 39.3 Å². The Hall–Kier alpha value is -4.07. The van der Waals surface area contributed by atoms with Crippen molar-refractivity contribution in [2.24, 2.45) is 0 Å². The van der Waals surface area contributed by atoms with Gasteiger partial charge in [0.1, 0.15) is 35.4 Å². The molecule has 0 saturated carbocycles. The third-order valence-electron chi connectivity index (χ3n) is 8.99. The van der Waals surface area contributed by atoms with Gasteiger partial charge in [-0.1, -0.05) is 135 Å². The Labute approximate surface area is 553 Å². The van der Waals surface area contributed by atoms with Gasteiger partial charge in [-0.3, -0.25) is 0 Å². The smallest absolute Gasteiger partial charge is 0.369 e. The zero-order valence-electron chi connectivity index (χ0n) is 42.4. The first kappa shape index (κ1) is 75.9. The van der Waals surface area contributed by atoms with E-state index in [9.17, 15) is 0 Å². The molecule has 0 heterocycles. The van der Waals surface area contributed by atoms with Crippen LogP contribution in [0.25, 0.3) is 24.2 Å². The molecule has 0 bridgehead atoms. The van der Waals surface area contributed by atoms with E-state index in [0.717, 1.165) is 38.7 Å². The molecule has 10 nitrogen and oxygen atoms in total. The van der Waals surface area contributed by atoms with Crippen molar-refractivity contribution in [3.05, 3.63) is 273 Å². The maximum absolute atomic E-state index is 9.09. The Morgan fingerprint density at radius 1 is 0.388 bits per heavy atom. The van der Waals surface area contributed by atoms with Gasteiger partial charge >= 0.3 is 6.37 Å². The van der Waals surface area contributed by atoms with Crippen LogP contribution in [-0.4, -0.2) is 30.8 Å². The van der Waals surface area contributed by atoms with Crippen molar-refractivity contribution in [3.63, 3.8) is 0 Å². The lowest BCUT2D eigenvalue weighted by Gasteiger charge is -2.08. The summed E-state index contributed by atoms with van der Waals surface area (Å²) >= 11 is 50.7. The molecule has 80 heavy (non-hydrogen) atoms. The van der Waals surface area contributed by atoms with Crippen molar-refractivity contribution in [2.45, 2.75) is 44.7 Å². The number of methoxy groups -OCH3 is 2. The summed E-state index contributed by atoms with van der Waals surface area (Å²) in [6.45, 7) is 35.5. The monoisotopic (exact) mass is 1620 g/mol. The summed E-state index contributed by atoms with van der Waals surface area (Å²) in [6, 6.07) is 45.9. The molecule has 0 fully saturated rings. The van der Waals surface area contributed by atoms with Gasteiger partial charge in [0.25, 0.3) is 0 Å². The van der Waals surface area contributed by atoms with Crippen molar-refractivity contribution in [1.82, 2.24) is 0 Å². The lowest BCUT2D eigenvalue weighted by Crippen LogP contribution is -1.96. The first-order chi connectivity index (χ1) is 38.2. The van der Waals surface area contributed by atoms with Gasteiger partial charge in [0, 0.05) is 33.1 Å². The van der Waals surface area contributed by atoms with Crippen molar-refractivity contribution >= 4 is 175 Å². The molecular formula is C56H47B2Br7Cl5N5O5. The van der Waals surface area contributed by atoms with E-state index in [-0.39, 0.29) is 31.0 Å². The van der Waals surface area contributed by atoms with Crippen molar-refractivity contribution in [2.75, 3.05) is 14.2 Å². The van der Waals surface area contributed by atoms with Crippen LogP contribution in [0.4, 0.5) is 0 Å². The fourth-order valence-electron chi connectivity index (χ4n) is 5.43. The highest BCUT2D eigenvalue weighted by molar-refractivity contribution is 9.70. The first-order valence-electron chi connectivity index (χ1n) is 22.4. The highest BCUT2D eigenvalue weighted by atomic mass is 80.0. The average molecular weight is 1630 g/mol. The predicted octanol–water partition coefficient (Wildman–Crippen LogP) is 21.7. The first-order valence-corrected chi connectivity index (χ1v) is 30.9. The van der Waals surface area contributed by atoms with Crippen LogP contribution in [0, 0.1) is 32.9 Å². The third-order valence-corrected chi connectivity index (χ3v) is 11.2. The second-order valence-corrected chi connectivity index (χ2v) is 30.2. The zero-order valence-corrected chi connectivity index (χ0v) is 57.3. The minimum absolute atomic E-state index is 0.0350. The number of phenolic OH excluding ortho intramolecular Hbond substituents is 2. The Morgan fingerprint density at radius 3 is 0.912 bits per heavy atom. The maximum Gasteiger partial charge on any atom is 0.369 e. The van der Waals surface area contributed by atoms with Gasteiger partial charge in [-0.05, 0) is 102 Å². The zero-order chi connectivity index (χ0) is 60.3. The Kier molecular flexibility index (Phi) is 45.0. The summed E-state index contributed by atoms with van der Waals surface area (Å²) < 4.78 is 16.2. The van der Waals surface area contributed by atoms with Gasteiger partial charge in [-0.15, -0.1) is 94.5 Å². The highest BCUT2D eigenvalue weighted by Gasteiger charge is 2.07. The van der Waals surface area contributed by atoms with E-state index in [1.54, 1.807) is 68.8 Å². The number of hydrogen-bond donors (Lipinski definition) is 2. The van der Waals surface area contributed by atoms with E-state index in [2.05, 4.69) is 147 Å². The number of hydrogen-bond acceptors (Lipinski definition) is 5. The minimum atomic E-state index is 0.0350. The van der Waals surface area contributed by atoms with Crippen LogP contribution in [0.1, 0.15) is 38.9 Å². The number of benzene rings is 7. The predicted molar refractivity (Wildman–Crippen MR) is 360 cm³/mol. The SMILES string of the molecule is BrB(Br)Br.BrB(Br)Br.BrCc1ccccc1.[C-]#[N+]Cc1ccc(Cl)c(O)c1.[C-]#[N+]Cc1ccc(Cl)c(O)c1.[C-]#[N+]Cc1ccc(Cl)c(OC)c1.[C-]#[N+]Cc1ccc(Cl)c(OC)c1.[C-]#[N+]Cc1ccc(Cl)c(OCc2ccccc2)c1. The molecule has 0 atom stereocenters. The van der Waals surface area contributed by atoms with Crippen molar-refractivity contribution in [3.8, 4) is 28.7 Å². The van der Waals surface area contributed by atoms with Gasteiger partial charge < -0.3 is 48.6 Å². The van der Waals surface area contributed by atoms with Crippen LogP contribution in [-0.2, 0) is 44.7 Å². The highest BCUT2D eigenvalue weighted by Crippen LogP contribution is 2.29. The molecule has 0 radical (unpaired) electrons. The Bertz CT molecular complexity index is 2980. The minimum Gasteiger partial charge on any atom is -0.506 e. The van der Waals surface area contributed by atoms with Crippen molar-refractivity contribution in [1.29, 1.82) is 0 Å². The molecule has 0 amide bonds. The molecule has 0 aromatic heterocycles. The number of halogens is 12. The van der Waals surface area contributed by atoms with E-state index < -0.39 is 0 Å². The quantitative estimate of drug-likeness (QED) is 0.0765. The number of ether oxygens (including phenoxy) is 3. The van der Waals surface area contributed by atoms with Crippen LogP contribution in [0.2, 0.25) is 25.1 Å². The second-order valence-electron chi connectivity index (χ2n) is 14.7. The number of phenols is 2. The number of rotatable bonds is 11. The molecule has 24 heteroatoms. The fraction of sp³-hybridized carbons (Fsp3) is 0.161. The van der Waals surface area contributed by atoms with E-state index in [1.165, 1.54) is 17.7 Å². The molecule has 0 saturated heterocycles. The summed E-state index contributed by atoms with van der Waals surface area (Å²) in [5, 5.41) is 21.5. The van der Waals surface area contributed by atoms with E-state index in [4.69, 9.17) is 115 Å². The van der Waals surface area contributed by atoms with Crippen LogP contribution in [0.5, 0.6) is 28.7 Å². The largest absolute Gasteiger partial charge is 0.506 e. The molecule has 416 valence electrons.